The highest BCUT2D eigenvalue weighted by Crippen LogP contribution is 2.24. The fraction of sp³-hybridized carbons (Fsp3) is 0.619. The van der Waals surface area contributed by atoms with Crippen molar-refractivity contribution in [2.75, 3.05) is 52.5 Å². The van der Waals surface area contributed by atoms with Gasteiger partial charge in [0.05, 0.1) is 13.2 Å². The smallest absolute Gasteiger partial charge is 0.223 e. The maximum absolute atomic E-state index is 12.7. The van der Waals surface area contributed by atoms with Gasteiger partial charge in [-0.3, -0.25) is 14.5 Å². The molecule has 1 N–H and O–H groups in total. The lowest BCUT2D eigenvalue weighted by atomic mass is 9.88. The number of ketones is 1. The van der Waals surface area contributed by atoms with Crippen LogP contribution >= 0.6 is 0 Å². The van der Waals surface area contributed by atoms with Crippen LogP contribution in [0.15, 0.2) is 30.3 Å². The molecule has 2 aliphatic rings. The topological polar surface area (TPSA) is 70.1 Å². The Hall–Kier alpha value is -1.76. The van der Waals surface area contributed by atoms with Gasteiger partial charge in [-0.2, -0.15) is 0 Å². The molecule has 148 valence electrons. The number of benzene rings is 1. The van der Waals surface area contributed by atoms with Crippen molar-refractivity contribution in [1.29, 1.82) is 0 Å². The standard InChI is InChI=1S/C21H30N2O4/c24-16-18-12-17(13-22-8-10-27-11-9-22)14-23(15-18)21(26)7-6-20(25)19-4-2-1-3-5-19/h1-5,17-18,24H,6-16H2/t17-,18+/m0/s1. The predicted molar refractivity (Wildman–Crippen MR) is 103 cm³/mol. The Morgan fingerprint density at radius 3 is 2.44 bits per heavy atom. The summed E-state index contributed by atoms with van der Waals surface area (Å²) in [7, 11) is 0. The molecule has 1 aromatic carbocycles. The van der Waals surface area contributed by atoms with Gasteiger partial charge >= 0.3 is 0 Å². The van der Waals surface area contributed by atoms with E-state index < -0.39 is 0 Å². The van der Waals surface area contributed by atoms with Gasteiger partial charge in [-0.25, -0.2) is 0 Å². The van der Waals surface area contributed by atoms with E-state index in [1.54, 1.807) is 12.1 Å². The SMILES string of the molecule is O=C(CCC(=O)N1C[C@H](CO)C[C@@H](CN2CCOCC2)C1)c1ccccc1. The van der Waals surface area contributed by atoms with Crippen molar-refractivity contribution in [3.05, 3.63) is 35.9 Å². The first-order chi connectivity index (χ1) is 13.2. The molecule has 3 rings (SSSR count). The minimum atomic E-state index is 0.00420. The molecule has 6 heteroatoms. The zero-order valence-corrected chi connectivity index (χ0v) is 15.9. The fourth-order valence-corrected chi connectivity index (χ4v) is 4.08. The number of nitrogens with zero attached hydrogens (tertiary/aromatic N) is 2. The second kappa shape index (κ2) is 9.97. The second-order valence-electron chi connectivity index (χ2n) is 7.65. The van der Waals surface area contributed by atoms with Crippen LogP contribution in [0.1, 0.15) is 29.6 Å². The number of likely N-dealkylation sites (tertiary alicyclic amines) is 1. The number of carbonyl (C=O) groups excluding carboxylic acids is 2. The number of carbonyl (C=O) groups is 2. The Bertz CT molecular complexity index is 616. The van der Waals surface area contributed by atoms with E-state index >= 15 is 0 Å². The number of piperidine rings is 1. The number of hydrogen-bond donors (Lipinski definition) is 1. The highest BCUT2D eigenvalue weighted by Gasteiger charge is 2.31. The Morgan fingerprint density at radius 2 is 1.74 bits per heavy atom. The van der Waals surface area contributed by atoms with Gasteiger partial charge in [-0.05, 0) is 18.3 Å². The first-order valence-corrected chi connectivity index (χ1v) is 9.92. The number of ether oxygens (including phenoxy) is 1. The van der Waals surface area contributed by atoms with Gasteiger partial charge in [0.25, 0.3) is 0 Å². The normalized spacial score (nSPS) is 24.0. The van der Waals surface area contributed by atoms with Crippen LogP contribution in [0, 0.1) is 11.8 Å². The molecule has 2 heterocycles. The Labute approximate surface area is 161 Å². The third-order valence-corrected chi connectivity index (χ3v) is 5.52. The monoisotopic (exact) mass is 374 g/mol. The van der Waals surface area contributed by atoms with Crippen molar-refractivity contribution in [2.45, 2.75) is 19.3 Å². The van der Waals surface area contributed by atoms with E-state index in [9.17, 15) is 14.7 Å². The number of aliphatic hydroxyl groups excluding tert-OH is 1. The summed E-state index contributed by atoms with van der Waals surface area (Å²) in [6.45, 7) is 5.74. The molecule has 0 saturated carbocycles. The summed E-state index contributed by atoms with van der Waals surface area (Å²) in [6.07, 6.45) is 1.41. The number of hydrogen-bond acceptors (Lipinski definition) is 5. The van der Waals surface area contributed by atoms with E-state index in [-0.39, 0.29) is 37.1 Å². The highest BCUT2D eigenvalue weighted by molar-refractivity contribution is 5.97. The van der Waals surface area contributed by atoms with Gasteiger partial charge in [-0.15, -0.1) is 0 Å². The van der Waals surface area contributed by atoms with Crippen LogP contribution in [0.4, 0.5) is 0 Å². The zero-order valence-electron chi connectivity index (χ0n) is 15.9. The van der Waals surface area contributed by atoms with E-state index in [1.165, 1.54) is 0 Å². The molecule has 27 heavy (non-hydrogen) atoms. The van der Waals surface area contributed by atoms with Gasteiger partial charge in [-0.1, -0.05) is 30.3 Å². The summed E-state index contributed by atoms with van der Waals surface area (Å²) in [4.78, 5) is 29.2. The van der Waals surface area contributed by atoms with Crippen molar-refractivity contribution >= 4 is 11.7 Å². The molecule has 2 saturated heterocycles. The van der Waals surface area contributed by atoms with Crippen molar-refractivity contribution in [3.63, 3.8) is 0 Å². The lowest BCUT2D eigenvalue weighted by molar-refractivity contribution is -0.134. The minimum absolute atomic E-state index is 0.00420. The lowest BCUT2D eigenvalue weighted by Gasteiger charge is -2.40. The summed E-state index contributed by atoms with van der Waals surface area (Å²) in [5.74, 6) is 0.510. The first kappa shape index (κ1) is 20.0. The van der Waals surface area contributed by atoms with Gasteiger partial charge < -0.3 is 14.7 Å². The molecule has 1 aromatic rings. The van der Waals surface area contributed by atoms with Crippen molar-refractivity contribution in [1.82, 2.24) is 9.80 Å². The maximum atomic E-state index is 12.7. The van der Waals surface area contributed by atoms with Crippen LogP contribution in [-0.2, 0) is 9.53 Å². The second-order valence-corrected chi connectivity index (χ2v) is 7.65. The quantitative estimate of drug-likeness (QED) is 0.732. The largest absolute Gasteiger partial charge is 0.396 e. The summed E-state index contributed by atoms with van der Waals surface area (Å²) >= 11 is 0. The highest BCUT2D eigenvalue weighted by atomic mass is 16.5. The lowest BCUT2D eigenvalue weighted by Crippen LogP contribution is -2.49. The number of rotatable bonds is 7. The zero-order chi connectivity index (χ0) is 19.1. The molecule has 0 unspecified atom stereocenters. The number of amides is 1. The van der Waals surface area contributed by atoms with Crippen LogP contribution < -0.4 is 0 Å². The van der Waals surface area contributed by atoms with Gasteiger partial charge in [0.2, 0.25) is 5.91 Å². The molecule has 0 radical (unpaired) electrons. The van der Waals surface area contributed by atoms with Crippen LogP contribution in [0.5, 0.6) is 0 Å². The van der Waals surface area contributed by atoms with Crippen LogP contribution in [0.3, 0.4) is 0 Å². The van der Waals surface area contributed by atoms with E-state index in [0.717, 1.165) is 39.3 Å². The average Bonchev–Trinajstić information content (AvgIpc) is 2.72. The molecule has 0 aromatic heterocycles. The number of Topliss-reactive ketones (excluding diaryl/α,β-unsaturated/α-hetero) is 1. The molecular weight excluding hydrogens is 344 g/mol. The number of aliphatic hydroxyl groups is 1. The Balaban J connectivity index is 1.52. The van der Waals surface area contributed by atoms with Gasteiger partial charge in [0.15, 0.2) is 5.78 Å². The molecule has 0 aliphatic carbocycles. The summed E-state index contributed by atoms with van der Waals surface area (Å²) < 4.78 is 5.40. The third kappa shape index (κ3) is 5.86. The maximum Gasteiger partial charge on any atom is 0.223 e. The van der Waals surface area contributed by atoms with E-state index in [4.69, 9.17) is 4.74 Å². The Morgan fingerprint density at radius 1 is 1.04 bits per heavy atom. The predicted octanol–water partition coefficient (Wildman–Crippen LogP) is 1.44. The minimum Gasteiger partial charge on any atom is -0.396 e. The van der Waals surface area contributed by atoms with Crippen LogP contribution in [0.2, 0.25) is 0 Å². The summed E-state index contributed by atoms with van der Waals surface area (Å²) in [5, 5.41) is 9.66. The third-order valence-electron chi connectivity index (χ3n) is 5.52. The van der Waals surface area contributed by atoms with E-state index in [2.05, 4.69) is 4.90 Å². The van der Waals surface area contributed by atoms with Crippen LogP contribution in [-0.4, -0.2) is 79.1 Å². The van der Waals surface area contributed by atoms with Gasteiger partial charge in [0, 0.05) is 57.7 Å². The van der Waals surface area contributed by atoms with E-state index in [1.807, 2.05) is 23.1 Å². The first-order valence-electron chi connectivity index (χ1n) is 9.92. The molecule has 2 fully saturated rings. The Kier molecular flexibility index (Phi) is 7.38. The van der Waals surface area contributed by atoms with Gasteiger partial charge in [0.1, 0.15) is 0 Å². The fourth-order valence-electron chi connectivity index (χ4n) is 4.08. The average molecular weight is 374 g/mol. The molecular formula is C21H30N2O4. The summed E-state index contributed by atoms with van der Waals surface area (Å²) in [5.41, 5.74) is 0.655. The van der Waals surface area contributed by atoms with E-state index in [0.29, 0.717) is 24.6 Å². The van der Waals surface area contributed by atoms with Crippen LogP contribution in [0.25, 0.3) is 0 Å². The molecule has 0 spiro atoms. The van der Waals surface area contributed by atoms with Crippen molar-refractivity contribution in [3.8, 4) is 0 Å². The molecule has 1 amide bonds. The molecule has 6 nitrogen and oxygen atoms in total. The number of morpholine rings is 1. The van der Waals surface area contributed by atoms with Crippen molar-refractivity contribution in [2.24, 2.45) is 11.8 Å². The molecule has 0 bridgehead atoms. The molecule has 2 aliphatic heterocycles. The molecule has 2 atom stereocenters. The summed E-state index contributed by atoms with van der Waals surface area (Å²) in [6, 6.07) is 9.12. The van der Waals surface area contributed by atoms with Crippen molar-refractivity contribution < 1.29 is 19.4 Å².